The van der Waals surface area contributed by atoms with E-state index in [0.717, 1.165) is 41.3 Å². The molecule has 3 aliphatic carbocycles. The Bertz CT molecular complexity index is 1060. The van der Waals surface area contributed by atoms with Crippen LogP contribution in [0.4, 0.5) is 0 Å². The second-order valence-electron chi connectivity index (χ2n) is 7.96. The molecule has 6 rings (SSSR count). The highest BCUT2D eigenvalue weighted by Gasteiger charge is 2.70. The second kappa shape index (κ2) is 4.20. The van der Waals surface area contributed by atoms with Gasteiger partial charge >= 0.3 is 0 Å². The zero-order chi connectivity index (χ0) is 16.7. The number of H-pyrrole nitrogens is 1. The Morgan fingerprint density at radius 1 is 1.29 bits per heavy atom. The van der Waals surface area contributed by atoms with Crippen molar-refractivity contribution in [2.24, 2.45) is 5.41 Å². The normalized spacial score (nSPS) is 29.1. The van der Waals surface area contributed by atoms with E-state index in [2.05, 4.69) is 19.5 Å². The number of hydrogen-bond donors (Lipinski definition) is 1. The highest BCUT2D eigenvalue weighted by Crippen LogP contribution is 2.72. The van der Waals surface area contributed by atoms with Crippen LogP contribution in [0.1, 0.15) is 33.1 Å². The van der Waals surface area contributed by atoms with Gasteiger partial charge in [-0.15, -0.1) is 0 Å². The molecule has 7 heteroatoms. The first-order chi connectivity index (χ1) is 11.3. The minimum Gasteiger partial charge on any atom is -0.346 e. The van der Waals surface area contributed by atoms with Crippen LogP contribution in [0.5, 0.6) is 0 Å². The first-order valence-corrected chi connectivity index (χ1v) is 10.1. The van der Waals surface area contributed by atoms with Crippen molar-refractivity contribution in [2.75, 3.05) is 5.75 Å². The van der Waals surface area contributed by atoms with Crippen molar-refractivity contribution < 1.29 is 8.42 Å². The predicted molar refractivity (Wildman–Crippen MR) is 92.6 cm³/mol. The summed E-state index contributed by atoms with van der Waals surface area (Å²) in [4.78, 5) is 12.1. The summed E-state index contributed by atoms with van der Waals surface area (Å²) in [6.45, 7) is 3.55. The molecule has 3 aliphatic rings. The predicted octanol–water partition coefficient (Wildman–Crippen LogP) is 2.62. The van der Waals surface area contributed by atoms with Crippen molar-refractivity contribution in [2.45, 2.75) is 43.9 Å². The molecule has 3 fully saturated rings. The standard InChI is InChI=1S/C17H20N4O2S/c1-11(2)24(22,23)9-16-6-17(7-16,8-16)21-10-20-13-5-19-15-12(14(13)21)3-4-18-15/h3-5,10-11H,6-9H2,1-2H3,(H,18,19). The summed E-state index contributed by atoms with van der Waals surface area (Å²) in [5.74, 6) is 0.327. The van der Waals surface area contributed by atoms with Crippen molar-refractivity contribution in [1.29, 1.82) is 0 Å². The van der Waals surface area contributed by atoms with E-state index in [9.17, 15) is 8.42 Å². The van der Waals surface area contributed by atoms with Crippen LogP contribution in [0.2, 0.25) is 0 Å². The highest BCUT2D eigenvalue weighted by molar-refractivity contribution is 7.92. The van der Waals surface area contributed by atoms with Crippen LogP contribution in [-0.2, 0) is 15.4 Å². The van der Waals surface area contributed by atoms with Gasteiger partial charge in [-0.1, -0.05) is 0 Å². The van der Waals surface area contributed by atoms with Crippen molar-refractivity contribution in [3.63, 3.8) is 0 Å². The van der Waals surface area contributed by atoms with Gasteiger partial charge in [0.25, 0.3) is 0 Å². The van der Waals surface area contributed by atoms with Gasteiger partial charge in [0.15, 0.2) is 9.84 Å². The van der Waals surface area contributed by atoms with Gasteiger partial charge < -0.3 is 9.55 Å². The van der Waals surface area contributed by atoms with Gasteiger partial charge in [-0.3, -0.25) is 0 Å². The molecular formula is C17H20N4O2S. The van der Waals surface area contributed by atoms with Gasteiger partial charge in [-0.25, -0.2) is 18.4 Å². The zero-order valence-electron chi connectivity index (χ0n) is 13.8. The highest BCUT2D eigenvalue weighted by atomic mass is 32.2. The molecule has 3 saturated carbocycles. The lowest BCUT2D eigenvalue weighted by Crippen LogP contribution is -2.69. The maximum Gasteiger partial charge on any atom is 0.153 e. The molecule has 0 aromatic carbocycles. The molecule has 0 unspecified atom stereocenters. The Morgan fingerprint density at radius 3 is 2.75 bits per heavy atom. The van der Waals surface area contributed by atoms with Crippen LogP contribution in [0.15, 0.2) is 24.8 Å². The lowest BCUT2D eigenvalue weighted by Gasteiger charge is -2.71. The molecule has 0 radical (unpaired) electrons. The van der Waals surface area contributed by atoms with Gasteiger partial charge in [0, 0.05) is 17.1 Å². The van der Waals surface area contributed by atoms with Gasteiger partial charge in [-0.2, -0.15) is 0 Å². The van der Waals surface area contributed by atoms with Crippen molar-refractivity contribution in [3.8, 4) is 0 Å². The van der Waals surface area contributed by atoms with E-state index in [4.69, 9.17) is 0 Å². The summed E-state index contributed by atoms with van der Waals surface area (Å²) in [5.41, 5.74) is 2.92. The SMILES string of the molecule is CC(C)S(=O)(=O)CC12CC(n3cnc4cnc5[nH]ccc5c43)(C1)C2. The summed E-state index contributed by atoms with van der Waals surface area (Å²) < 4.78 is 26.8. The smallest absolute Gasteiger partial charge is 0.153 e. The average Bonchev–Trinajstić information content (AvgIpc) is 3.06. The summed E-state index contributed by atoms with van der Waals surface area (Å²) in [5, 5.41) is 0.792. The molecule has 0 spiro atoms. The number of sulfone groups is 1. The molecule has 0 amide bonds. The minimum atomic E-state index is -2.98. The first kappa shape index (κ1) is 14.5. The fraction of sp³-hybridized carbons (Fsp3) is 0.529. The number of hydrogen-bond acceptors (Lipinski definition) is 4. The topological polar surface area (TPSA) is 80.6 Å². The quantitative estimate of drug-likeness (QED) is 0.789. The van der Waals surface area contributed by atoms with Crippen molar-refractivity contribution >= 4 is 31.9 Å². The summed E-state index contributed by atoms with van der Waals surface area (Å²) >= 11 is 0. The number of rotatable bonds is 4. The Kier molecular flexibility index (Phi) is 2.53. The Balaban J connectivity index is 1.51. The fourth-order valence-corrected chi connectivity index (χ4v) is 6.30. The second-order valence-corrected chi connectivity index (χ2v) is 10.5. The lowest BCUT2D eigenvalue weighted by atomic mass is 9.40. The minimum absolute atomic E-state index is 0.00993. The number of nitrogens with one attached hydrogen (secondary N) is 1. The van der Waals surface area contributed by atoms with E-state index in [-0.39, 0.29) is 16.2 Å². The summed E-state index contributed by atoms with van der Waals surface area (Å²) in [6.07, 6.45) is 8.41. The number of imidazole rings is 1. The average molecular weight is 344 g/mol. The molecular weight excluding hydrogens is 324 g/mol. The molecule has 0 aliphatic heterocycles. The van der Waals surface area contributed by atoms with Gasteiger partial charge in [0.2, 0.25) is 0 Å². The summed E-state index contributed by atoms with van der Waals surface area (Å²) in [6, 6.07) is 2.04. The monoisotopic (exact) mass is 344 g/mol. The molecule has 0 saturated heterocycles. The number of nitrogens with zero attached hydrogens (tertiary/aromatic N) is 3. The number of aromatic nitrogens is 4. The van der Waals surface area contributed by atoms with Crippen LogP contribution in [0.25, 0.3) is 22.1 Å². The molecule has 126 valence electrons. The molecule has 3 aromatic heterocycles. The Hall–Kier alpha value is -1.89. The third kappa shape index (κ3) is 1.68. The van der Waals surface area contributed by atoms with Crippen LogP contribution >= 0.6 is 0 Å². The van der Waals surface area contributed by atoms with Crippen molar-refractivity contribution in [1.82, 2.24) is 19.5 Å². The number of fused-ring (bicyclic) bond motifs is 3. The van der Waals surface area contributed by atoms with Crippen molar-refractivity contribution in [3.05, 3.63) is 24.8 Å². The number of aromatic amines is 1. The van der Waals surface area contributed by atoms with E-state index in [1.165, 1.54) is 0 Å². The third-order valence-electron chi connectivity index (χ3n) is 5.94. The van der Waals surface area contributed by atoms with Crippen LogP contribution in [-0.4, -0.2) is 38.9 Å². The van der Waals surface area contributed by atoms with Gasteiger partial charge in [-0.05, 0) is 44.6 Å². The van der Waals surface area contributed by atoms with E-state index >= 15 is 0 Å². The molecule has 3 aromatic rings. The molecule has 2 bridgehead atoms. The maximum atomic E-state index is 12.3. The lowest BCUT2D eigenvalue weighted by molar-refractivity contribution is -0.168. The fourth-order valence-electron chi connectivity index (χ4n) is 4.81. The Labute approximate surface area is 140 Å². The first-order valence-electron chi connectivity index (χ1n) is 8.36. The largest absolute Gasteiger partial charge is 0.346 e. The molecule has 1 N–H and O–H groups in total. The number of pyridine rings is 1. The van der Waals surface area contributed by atoms with E-state index < -0.39 is 9.84 Å². The molecule has 6 nitrogen and oxygen atoms in total. The zero-order valence-corrected chi connectivity index (χ0v) is 14.6. The Morgan fingerprint density at radius 2 is 2.04 bits per heavy atom. The molecule has 3 heterocycles. The van der Waals surface area contributed by atoms with Gasteiger partial charge in [0.05, 0.1) is 29.0 Å². The third-order valence-corrected chi connectivity index (χ3v) is 8.39. The molecule has 0 atom stereocenters. The van der Waals surface area contributed by atoms with E-state index in [0.29, 0.717) is 5.75 Å². The van der Waals surface area contributed by atoms with E-state index in [1.54, 1.807) is 20.0 Å². The van der Waals surface area contributed by atoms with Crippen LogP contribution in [0, 0.1) is 5.41 Å². The van der Waals surface area contributed by atoms with Crippen LogP contribution < -0.4 is 0 Å². The van der Waals surface area contributed by atoms with E-state index in [1.807, 2.05) is 18.6 Å². The molecule has 24 heavy (non-hydrogen) atoms. The summed E-state index contributed by atoms with van der Waals surface area (Å²) in [7, 11) is -2.98. The van der Waals surface area contributed by atoms with Gasteiger partial charge in [0.1, 0.15) is 11.2 Å². The maximum absolute atomic E-state index is 12.3. The van der Waals surface area contributed by atoms with Crippen LogP contribution in [0.3, 0.4) is 0 Å².